The van der Waals surface area contributed by atoms with Crippen molar-refractivity contribution in [3.8, 4) is 11.1 Å². The SMILES string of the molecule is CCNCc1occc1-c1ccc2nc(C)ccc2c1. The number of fused-ring (bicyclic) bond motifs is 1. The molecule has 0 aliphatic heterocycles. The Kier molecular flexibility index (Phi) is 3.52. The first kappa shape index (κ1) is 12.9. The van der Waals surface area contributed by atoms with Crippen molar-refractivity contribution in [2.24, 2.45) is 0 Å². The summed E-state index contributed by atoms with van der Waals surface area (Å²) in [5.41, 5.74) is 4.39. The fourth-order valence-electron chi connectivity index (χ4n) is 2.37. The maximum Gasteiger partial charge on any atom is 0.125 e. The molecule has 0 unspecified atom stereocenters. The molecule has 0 bridgehead atoms. The van der Waals surface area contributed by atoms with Gasteiger partial charge in [0.05, 0.1) is 18.3 Å². The third-order valence-electron chi connectivity index (χ3n) is 3.42. The number of rotatable bonds is 4. The molecule has 0 saturated heterocycles. The van der Waals surface area contributed by atoms with E-state index in [2.05, 4.69) is 41.5 Å². The average Bonchev–Trinajstić information content (AvgIpc) is 2.93. The molecule has 3 rings (SSSR count). The molecule has 2 aromatic heterocycles. The number of aromatic nitrogens is 1. The van der Waals surface area contributed by atoms with Crippen molar-refractivity contribution < 1.29 is 4.42 Å². The van der Waals surface area contributed by atoms with Gasteiger partial charge < -0.3 is 9.73 Å². The molecule has 0 spiro atoms. The Bertz CT molecular complexity index is 731. The Hall–Kier alpha value is -2.13. The van der Waals surface area contributed by atoms with E-state index in [4.69, 9.17) is 4.42 Å². The van der Waals surface area contributed by atoms with Crippen LogP contribution in [0.2, 0.25) is 0 Å². The van der Waals surface area contributed by atoms with Gasteiger partial charge in [0, 0.05) is 16.6 Å². The Labute approximate surface area is 118 Å². The fraction of sp³-hybridized carbons (Fsp3) is 0.235. The monoisotopic (exact) mass is 266 g/mol. The van der Waals surface area contributed by atoms with Gasteiger partial charge in [-0.1, -0.05) is 19.1 Å². The quantitative estimate of drug-likeness (QED) is 0.778. The van der Waals surface area contributed by atoms with Crippen LogP contribution in [0.3, 0.4) is 0 Å². The van der Waals surface area contributed by atoms with E-state index >= 15 is 0 Å². The molecule has 0 aliphatic carbocycles. The van der Waals surface area contributed by atoms with Crippen LogP contribution < -0.4 is 5.32 Å². The van der Waals surface area contributed by atoms with Gasteiger partial charge in [0.25, 0.3) is 0 Å². The van der Waals surface area contributed by atoms with E-state index in [1.807, 2.05) is 19.1 Å². The summed E-state index contributed by atoms with van der Waals surface area (Å²) in [6.45, 7) is 5.79. The van der Waals surface area contributed by atoms with Gasteiger partial charge in [0.15, 0.2) is 0 Å². The summed E-state index contributed by atoms with van der Waals surface area (Å²) in [7, 11) is 0. The highest BCUT2D eigenvalue weighted by Gasteiger charge is 2.09. The Morgan fingerprint density at radius 3 is 2.90 bits per heavy atom. The Balaban J connectivity index is 2.02. The second-order valence-corrected chi connectivity index (χ2v) is 4.90. The van der Waals surface area contributed by atoms with Crippen molar-refractivity contribution in [3.05, 3.63) is 54.1 Å². The second kappa shape index (κ2) is 5.47. The van der Waals surface area contributed by atoms with E-state index in [0.29, 0.717) is 0 Å². The van der Waals surface area contributed by atoms with Gasteiger partial charge in [-0.2, -0.15) is 0 Å². The average molecular weight is 266 g/mol. The molecule has 3 heteroatoms. The van der Waals surface area contributed by atoms with Crippen molar-refractivity contribution in [1.82, 2.24) is 10.3 Å². The molecule has 0 aliphatic rings. The first-order chi connectivity index (χ1) is 9.78. The molecule has 0 saturated carbocycles. The number of hydrogen-bond acceptors (Lipinski definition) is 3. The third-order valence-corrected chi connectivity index (χ3v) is 3.42. The molecule has 0 amide bonds. The lowest BCUT2D eigenvalue weighted by Crippen LogP contribution is -2.11. The highest BCUT2D eigenvalue weighted by Crippen LogP contribution is 2.27. The second-order valence-electron chi connectivity index (χ2n) is 4.90. The van der Waals surface area contributed by atoms with Crippen LogP contribution in [0.1, 0.15) is 18.4 Å². The summed E-state index contributed by atoms with van der Waals surface area (Å²) in [4.78, 5) is 4.53. The number of nitrogens with one attached hydrogen (secondary N) is 1. The van der Waals surface area contributed by atoms with Gasteiger partial charge in [0.2, 0.25) is 0 Å². The van der Waals surface area contributed by atoms with Crippen LogP contribution >= 0.6 is 0 Å². The zero-order valence-electron chi connectivity index (χ0n) is 11.8. The van der Waals surface area contributed by atoms with Crippen molar-refractivity contribution in [2.45, 2.75) is 20.4 Å². The molecular weight excluding hydrogens is 248 g/mol. The molecular formula is C17H18N2O. The number of benzene rings is 1. The summed E-state index contributed by atoms with van der Waals surface area (Å²) in [6.07, 6.45) is 1.75. The third kappa shape index (κ3) is 2.45. The molecule has 102 valence electrons. The van der Waals surface area contributed by atoms with Crippen LogP contribution in [0.15, 0.2) is 47.1 Å². The van der Waals surface area contributed by atoms with E-state index in [-0.39, 0.29) is 0 Å². The largest absolute Gasteiger partial charge is 0.467 e. The smallest absolute Gasteiger partial charge is 0.125 e. The minimum atomic E-state index is 0.753. The molecule has 3 aromatic rings. The minimum Gasteiger partial charge on any atom is -0.467 e. The van der Waals surface area contributed by atoms with Gasteiger partial charge in [-0.25, -0.2) is 0 Å². The standard InChI is InChI=1S/C17H18N2O/c1-3-18-11-17-15(8-9-20-17)13-6-7-16-14(10-13)5-4-12(2)19-16/h4-10,18H,3,11H2,1-2H3. The Morgan fingerprint density at radius 2 is 2.05 bits per heavy atom. The van der Waals surface area contributed by atoms with E-state index in [9.17, 15) is 0 Å². The van der Waals surface area contributed by atoms with E-state index in [1.165, 1.54) is 5.56 Å². The maximum absolute atomic E-state index is 5.57. The Morgan fingerprint density at radius 1 is 1.15 bits per heavy atom. The number of pyridine rings is 1. The number of aryl methyl sites for hydroxylation is 1. The maximum atomic E-state index is 5.57. The number of nitrogens with zero attached hydrogens (tertiary/aromatic N) is 1. The predicted octanol–water partition coefficient (Wildman–Crippen LogP) is 3.91. The molecule has 1 N–H and O–H groups in total. The molecule has 0 radical (unpaired) electrons. The highest BCUT2D eigenvalue weighted by molar-refractivity contribution is 5.84. The number of hydrogen-bond donors (Lipinski definition) is 1. The summed E-state index contributed by atoms with van der Waals surface area (Å²) in [6, 6.07) is 12.5. The lowest BCUT2D eigenvalue weighted by Gasteiger charge is -2.05. The van der Waals surface area contributed by atoms with E-state index < -0.39 is 0 Å². The van der Waals surface area contributed by atoms with Gasteiger partial charge in [-0.05, 0) is 43.3 Å². The molecule has 2 heterocycles. The zero-order valence-corrected chi connectivity index (χ0v) is 11.8. The van der Waals surface area contributed by atoms with Gasteiger partial charge in [-0.15, -0.1) is 0 Å². The van der Waals surface area contributed by atoms with Crippen LogP contribution in [0.25, 0.3) is 22.0 Å². The molecule has 3 nitrogen and oxygen atoms in total. The molecule has 0 atom stereocenters. The first-order valence-corrected chi connectivity index (χ1v) is 6.93. The first-order valence-electron chi connectivity index (χ1n) is 6.93. The lowest BCUT2D eigenvalue weighted by atomic mass is 10.0. The topological polar surface area (TPSA) is 38.1 Å². The predicted molar refractivity (Wildman–Crippen MR) is 81.6 cm³/mol. The van der Waals surface area contributed by atoms with Crippen LogP contribution in [-0.2, 0) is 6.54 Å². The minimum absolute atomic E-state index is 0.753. The lowest BCUT2D eigenvalue weighted by molar-refractivity contribution is 0.489. The number of furan rings is 1. The fourth-order valence-corrected chi connectivity index (χ4v) is 2.37. The van der Waals surface area contributed by atoms with Gasteiger partial charge >= 0.3 is 0 Å². The highest BCUT2D eigenvalue weighted by atomic mass is 16.3. The van der Waals surface area contributed by atoms with Crippen molar-refractivity contribution in [2.75, 3.05) is 6.54 Å². The molecule has 0 fully saturated rings. The summed E-state index contributed by atoms with van der Waals surface area (Å²) < 4.78 is 5.57. The molecule has 1 aromatic carbocycles. The van der Waals surface area contributed by atoms with Crippen LogP contribution in [0, 0.1) is 6.92 Å². The molecule has 20 heavy (non-hydrogen) atoms. The van der Waals surface area contributed by atoms with Crippen molar-refractivity contribution in [1.29, 1.82) is 0 Å². The van der Waals surface area contributed by atoms with Crippen molar-refractivity contribution >= 4 is 10.9 Å². The van der Waals surface area contributed by atoms with Crippen LogP contribution in [0.5, 0.6) is 0 Å². The van der Waals surface area contributed by atoms with E-state index in [0.717, 1.165) is 41.0 Å². The van der Waals surface area contributed by atoms with Gasteiger partial charge in [0.1, 0.15) is 5.76 Å². The van der Waals surface area contributed by atoms with Crippen molar-refractivity contribution in [3.63, 3.8) is 0 Å². The van der Waals surface area contributed by atoms with Crippen LogP contribution in [-0.4, -0.2) is 11.5 Å². The summed E-state index contributed by atoms with van der Waals surface area (Å²) in [5, 5.41) is 4.46. The summed E-state index contributed by atoms with van der Waals surface area (Å²) in [5.74, 6) is 0.978. The summed E-state index contributed by atoms with van der Waals surface area (Å²) >= 11 is 0. The van der Waals surface area contributed by atoms with E-state index in [1.54, 1.807) is 6.26 Å². The van der Waals surface area contributed by atoms with Gasteiger partial charge in [-0.3, -0.25) is 4.98 Å². The zero-order chi connectivity index (χ0) is 13.9. The van der Waals surface area contributed by atoms with Crippen LogP contribution in [0.4, 0.5) is 0 Å². The normalized spacial score (nSPS) is 11.1.